The Balaban J connectivity index is 2.34. The normalized spacial score (nSPS) is 12.6. The van der Waals surface area contributed by atoms with E-state index < -0.39 is 5.97 Å². The molecule has 1 aliphatic heterocycles. The third kappa shape index (κ3) is 1.86. The molecule has 1 N–H and O–H groups in total. The van der Waals surface area contributed by atoms with Gasteiger partial charge >= 0.3 is 5.97 Å². The predicted octanol–water partition coefficient (Wildman–Crippen LogP) is 2.21. The highest BCUT2D eigenvalue weighted by molar-refractivity contribution is 5.84. The molecule has 0 atom stereocenters. The topological polar surface area (TPSA) is 55.8 Å². The Morgan fingerprint density at radius 1 is 1.44 bits per heavy atom. The molecule has 0 bridgehead atoms. The average Bonchev–Trinajstić information content (AvgIpc) is 2.61. The molecule has 0 aliphatic carbocycles. The Hall–Kier alpha value is -1.97. The van der Waals surface area contributed by atoms with E-state index in [1.54, 1.807) is 6.07 Å². The molecule has 16 heavy (non-hydrogen) atoms. The molecule has 0 unspecified atom stereocenters. The predicted molar refractivity (Wildman–Crippen MR) is 58.6 cm³/mol. The third-order valence-electron chi connectivity index (χ3n) is 2.47. The quantitative estimate of drug-likeness (QED) is 0.848. The number of carbonyl (C=O) groups is 1. The van der Waals surface area contributed by atoms with Crippen LogP contribution in [0.25, 0.3) is 5.57 Å². The van der Waals surface area contributed by atoms with Crippen molar-refractivity contribution >= 4 is 11.5 Å². The van der Waals surface area contributed by atoms with Crippen LogP contribution in [0.15, 0.2) is 18.7 Å². The van der Waals surface area contributed by atoms with Gasteiger partial charge in [-0.1, -0.05) is 6.58 Å². The molecule has 0 amide bonds. The lowest BCUT2D eigenvalue weighted by atomic mass is 9.99. The lowest BCUT2D eigenvalue weighted by Crippen LogP contribution is -1.97. The molecule has 2 rings (SSSR count). The molecule has 0 radical (unpaired) electrons. The summed E-state index contributed by atoms with van der Waals surface area (Å²) in [5, 5.41) is 8.71. The number of ether oxygens (including phenoxy) is 2. The zero-order chi connectivity index (χ0) is 11.7. The standard InChI is InChI=1S/C12H12O4/c1-7-3-10-11(16-6-15-10)5-9(7)8(2)4-12(13)14/h3,5H,2,4,6H2,1H3,(H,13,14). The first kappa shape index (κ1) is 10.5. The highest BCUT2D eigenvalue weighted by atomic mass is 16.7. The second-order valence-corrected chi connectivity index (χ2v) is 3.69. The zero-order valence-corrected chi connectivity index (χ0v) is 8.95. The van der Waals surface area contributed by atoms with E-state index in [9.17, 15) is 4.79 Å². The summed E-state index contributed by atoms with van der Waals surface area (Å²) in [5.74, 6) is 0.457. The zero-order valence-electron chi connectivity index (χ0n) is 8.95. The van der Waals surface area contributed by atoms with Crippen molar-refractivity contribution in [2.75, 3.05) is 6.79 Å². The number of carboxylic acid groups (broad SMARTS) is 1. The first-order chi connectivity index (χ1) is 7.58. The van der Waals surface area contributed by atoms with E-state index in [2.05, 4.69) is 6.58 Å². The van der Waals surface area contributed by atoms with E-state index in [0.717, 1.165) is 11.1 Å². The van der Waals surface area contributed by atoms with Crippen LogP contribution in [0.3, 0.4) is 0 Å². The molecule has 0 spiro atoms. The smallest absolute Gasteiger partial charge is 0.307 e. The van der Waals surface area contributed by atoms with E-state index in [4.69, 9.17) is 14.6 Å². The lowest BCUT2D eigenvalue weighted by Gasteiger charge is -2.08. The number of hydrogen-bond acceptors (Lipinski definition) is 3. The molecule has 1 heterocycles. The first-order valence-electron chi connectivity index (χ1n) is 4.88. The number of fused-ring (bicyclic) bond motifs is 1. The van der Waals surface area contributed by atoms with Crippen LogP contribution in [-0.2, 0) is 4.79 Å². The van der Waals surface area contributed by atoms with Gasteiger partial charge in [0, 0.05) is 0 Å². The SMILES string of the molecule is C=C(CC(=O)O)c1cc2c(cc1C)OCO2. The molecular formula is C12H12O4. The van der Waals surface area contributed by atoms with Crippen LogP contribution >= 0.6 is 0 Å². The highest BCUT2D eigenvalue weighted by Gasteiger charge is 2.17. The number of aliphatic carboxylic acids is 1. The van der Waals surface area contributed by atoms with Crippen LogP contribution in [0, 0.1) is 6.92 Å². The van der Waals surface area contributed by atoms with Crippen molar-refractivity contribution in [2.45, 2.75) is 13.3 Å². The Morgan fingerprint density at radius 2 is 2.06 bits per heavy atom. The monoisotopic (exact) mass is 220 g/mol. The number of carboxylic acids is 1. The van der Waals surface area contributed by atoms with Gasteiger partial charge in [-0.3, -0.25) is 4.79 Å². The Morgan fingerprint density at radius 3 is 2.69 bits per heavy atom. The molecule has 1 aromatic rings. The minimum atomic E-state index is -0.887. The number of hydrogen-bond donors (Lipinski definition) is 1. The van der Waals surface area contributed by atoms with Gasteiger partial charge in [0.2, 0.25) is 6.79 Å². The molecule has 0 saturated heterocycles. The largest absolute Gasteiger partial charge is 0.481 e. The number of aryl methyl sites for hydroxylation is 1. The second kappa shape index (κ2) is 3.89. The van der Waals surface area contributed by atoms with Crippen LogP contribution in [0.4, 0.5) is 0 Å². The first-order valence-corrected chi connectivity index (χ1v) is 4.88. The molecule has 4 heteroatoms. The molecule has 1 aliphatic rings. The van der Waals surface area contributed by atoms with Crippen molar-refractivity contribution < 1.29 is 19.4 Å². The molecule has 4 nitrogen and oxygen atoms in total. The Labute approximate surface area is 93.1 Å². The van der Waals surface area contributed by atoms with Gasteiger partial charge in [0.1, 0.15) is 0 Å². The fraction of sp³-hybridized carbons (Fsp3) is 0.250. The molecule has 0 aromatic heterocycles. The van der Waals surface area contributed by atoms with Crippen LogP contribution in [0.2, 0.25) is 0 Å². The minimum Gasteiger partial charge on any atom is -0.481 e. The fourth-order valence-corrected chi connectivity index (χ4v) is 1.70. The van der Waals surface area contributed by atoms with Gasteiger partial charge in [-0.15, -0.1) is 0 Å². The summed E-state index contributed by atoms with van der Waals surface area (Å²) in [7, 11) is 0. The van der Waals surface area contributed by atoms with Crippen molar-refractivity contribution in [2.24, 2.45) is 0 Å². The van der Waals surface area contributed by atoms with E-state index in [-0.39, 0.29) is 13.2 Å². The van der Waals surface area contributed by atoms with Crippen LogP contribution < -0.4 is 9.47 Å². The van der Waals surface area contributed by atoms with Gasteiger partial charge in [-0.2, -0.15) is 0 Å². The summed E-state index contributed by atoms with van der Waals surface area (Å²) >= 11 is 0. The molecular weight excluding hydrogens is 208 g/mol. The lowest BCUT2D eigenvalue weighted by molar-refractivity contribution is -0.135. The summed E-state index contributed by atoms with van der Waals surface area (Å²) in [5.41, 5.74) is 2.32. The Bertz CT molecular complexity index is 462. The maximum Gasteiger partial charge on any atom is 0.307 e. The molecule has 84 valence electrons. The van der Waals surface area contributed by atoms with E-state index >= 15 is 0 Å². The highest BCUT2D eigenvalue weighted by Crippen LogP contribution is 2.37. The van der Waals surface area contributed by atoms with Gasteiger partial charge in [0.15, 0.2) is 11.5 Å². The van der Waals surface area contributed by atoms with Crippen LogP contribution in [0.5, 0.6) is 11.5 Å². The van der Waals surface area contributed by atoms with Crippen molar-refractivity contribution in [1.29, 1.82) is 0 Å². The van der Waals surface area contributed by atoms with Gasteiger partial charge in [0.05, 0.1) is 6.42 Å². The van der Waals surface area contributed by atoms with E-state index in [1.807, 2.05) is 13.0 Å². The summed E-state index contributed by atoms with van der Waals surface area (Å²) in [6, 6.07) is 3.62. The average molecular weight is 220 g/mol. The summed E-state index contributed by atoms with van der Waals surface area (Å²) in [6.07, 6.45) is -0.0690. The molecule has 0 fully saturated rings. The summed E-state index contributed by atoms with van der Waals surface area (Å²) in [4.78, 5) is 10.6. The van der Waals surface area contributed by atoms with E-state index in [0.29, 0.717) is 17.1 Å². The van der Waals surface area contributed by atoms with Crippen molar-refractivity contribution in [3.05, 3.63) is 29.8 Å². The number of benzene rings is 1. The van der Waals surface area contributed by atoms with Crippen LogP contribution in [0.1, 0.15) is 17.5 Å². The fourth-order valence-electron chi connectivity index (χ4n) is 1.70. The van der Waals surface area contributed by atoms with Gasteiger partial charge in [-0.25, -0.2) is 0 Å². The summed E-state index contributed by atoms with van der Waals surface area (Å²) < 4.78 is 10.5. The second-order valence-electron chi connectivity index (χ2n) is 3.69. The van der Waals surface area contributed by atoms with Gasteiger partial charge < -0.3 is 14.6 Å². The van der Waals surface area contributed by atoms with E-state index in [1.165, 1.54) is 0 Å². The van der Waals surface area contributed by atoms with Crippen molar-refractivity contribution in [1.82, 2.24) is 0 Å². The van der Waals surface area contributed by atoms with Gasteiger partial charge in [0.25, 0.3) is 0 Å². The maximum absolute atomic E-state index is 10.6. The molecule has 1 aromatic carbocycles. The Kier molecular flexibility index (Phi) is 2.56. The van der Waals surface area contributed by atoms with Crippen LogP contribution in [-0.4, -0.2) is 17.9 Å². The van der Waals surface area contributed by atoms with Gasteiger partial charge in [-0.05, 0) is 35.8 Å². The van der Waals surface area contributed by atoms with Crippen molar-refractivity contribution in [3.63, 3.8) is 0 Å². The van der Waals surface area contributed by atoms with Crippen molar-refractivity contribution in [3.8, 4) is 11.5 Å². The molecule has 0 saturated carbocycles. The number of rotatable bonds is 3. The summed E-state index contributed by atoms with van der Waals surface area (Å²) in [6.45, 7) is 5.88. The minimum absolute atomic E-state index is 0.0690. The maximum atomic E-state index is 10.6. The third-order valence-corrected chi connectivity index (χ3v) is 2.47.